The maximum absolute atomic E-state index is 8.62. The average Bonchev–Trinajstić information content (AvgIpc) is 2.31. The zero-order valence-corrected chi connectivity index (χ0v) is 11.1. The van der Waals surface area contributed by atoms with Crippen molar-refractivity contribution in [2.75, 3.05) is 19.7 Å². The Labute approximate surface area is 102 Å². The standard InChI is InChI=1S/C14H31NO/c1-2-3-12-15-13-10-8-6-4-5-7-9-11-14-16/h15-16H,2-14H2,1H3. The van der Waals surface area contributed by atoms with Crippen molar-refractivity contribution >= 4 is 0 Å². The van der Waals surface area contributed by atoms with Gasteiger partial charge in [0.25, 0.3) is 0 Å². The van der Waals surface area contributed by atoms with Crippen LogP contribution in [0.5, 0.6) is 0 Å². The summed E-state index contributed by atoms with van der Waals surface area (Å²) >= 11 is 0. The lowest BCUT2D eigenvalue weighted by Crippen LogP contribution is -2.16. The lowest BCUT2D eigenvalue weighted by molar-refractivity contribution is 0.282. The Morgan fingerprint density at radius 2 is 1.19 bits per heavy atom. The van der Waals surface area contributed by atoms with E-state index in [-0.39, 0.29) is 0 Å². The topological polar surface area (TPSA) is 32.3 Å². The smallest absolute Gasteiger partial charge is 0.0431 e. The molecule has 0 radical (unpaired) electrons. The first-order valence-corrected chi connectivity index (χ1v) is 7.23. The molecule has 2 heteroatoms. The Kier molecular flexibility index (Phi) is 14.8. The summed E-state index contributed by atoms with van der Waals surface area (Å²) in [5, 5.41) is 12.1. The number of hydrogen-bond acceptors (Lipinski definition) is 2. The van der Waals surface area contributed by atoms with E-state index < -0.39 is 0 Å². The Bertz CT molecular complexity index is 103. The normalized spacial score (nSPS) is 10.9. The van der Waals surface area contributed by atoms with Crippen LogP contribution in [0.1, 0.15) is 71.1 Å². The number of unbranched alkanes of at least 4 members (excludes halogenated alkanes) is 8. The fraction of sp³-hybridized carbons (Fsp3) is 1.00. The fourth-order valence-corrected chi connectivity index (χ4v) is 1.85. The molecule has 0 saturated carbocycles. The fourth-order valence-electron chi connectivity index (χ4n) is 1.85. The molecular weight excluding hydrogens is 198 g/mol. The third-order valence-corrected chi connectivity index (χ3v) is 2.97. The van der Waals surface area contributed by atoms with Crippen molar-refractivity contribution in [2.45, 2.75) is 71.1 Å². The van der Waals surface area contributed by atoms with Crippen LogP contribution in [0, 0.1) is 0 Å². The first-order chi connectivity index (χ1) is 7.91. The number of nitrogens with one attached hydrogen (secondary N) is 1. The van der Waals surface area contributed by atoms with Crippen LogP contribution in [0.2, 0.25) is 0 Å². The molecule has 0 aromatic carbocycles. The third-order valence-electron chi connectivity index (χ3n) is 2.97. The molecular formula is C14H31NO. The minimum absolute atomic E-state index is 0.365. The molecule has 0 rings (SSSR count). The number of rotatable bonds is 13. The molecule has 0 bridgehead atoms. The van der Waals surface area contributed by atoms with Crippen molar-refractivity contribution in [3.05, 3.63) is 0 Å². The van der Waals surface area contributed by atoms with Gasteiger partial charge < -0.3 is 10.4 Å². The zero-order valence-electron chi connectivity index (χ0n) is 11.1. The van der Waals surface area contributed by atoms with Crippen molar-refractivity contribution < 1.29 is 5.11 Å². The molecule has 0 aliphatic carbocycles. The van der Waals surface area contributed by atoms with Gasteiger partial charge in [0.1, 0.15) is 0 Å². The highest BCUT2D eigenvalue weighted by Crippen LogP contribution is 2.07. The summed E-state index contributed by atoms with van der Waals surface area (Å²) < 4.78 is 0. The highest BCUT2D eigenvalue weighted by molar-refractivity contribution is 4.50. The van der Waals surface area contributed by atoms with E-state index in [4.69, 9.17) is 5.11 Å². The van der Waals surface area contributed by atoms with E-state index in [2.05, 4.69) is 12.2 Å². The van der Waals surface area contributed by atoms with Crippen molar-refractivity contribution in [2.24, 2.45) is 0 Å². The van der Waals surface area contributed by atoms with Crippen LogP contribution in [-0.4, -0.2) is 24.8 Å². The summed E-state index contributed by atoms with van der Waals surface area (Å²) in [4.78, 5) is 0. The molecule has 0 spiro atoms. The minimum atomic E-state index is 0.365. The van der Waals surface area contributed by atoms with Gasteiger partial charge in [-0.05, 0) is 32.4 Å². The molecule has 0 unspecified atom stereocenters. The minimum Gasteiger partial charge on any atom is -0.396 e. The Morgan fingerprint density at radius 1 is 0.688 bits per heavy atom. The predicted molar refractivity (Wildman–Crippen MR) is 71.8 cm³/mol. The predicted octanol–water partition coefficient (Wildman–Crippen LogP) is 3.49. The molecule has 0 aliphatic rings. The summed E-state index contributed by atoms with van der Waals surface area (Å²) in [7, 11) is 0. The van der Waals surface area contributed by atoms with Gasteiger partial charge >= 0.3 is 0 Å². The van der Waals surface area contributed by atoms with Gasteiger partial charge in [-0.1, -0.05) is 51.9 Å². The summed E-state index contributed by atoms with van der Waals surface area (Å²) in [6.45, 7) is 4.99. The Hall–Kier alpha value is -0.0800. The van der Waals surface area contributed by atoms with E-state index in [1.165, 1.54) is 70.9 Å². The van der Waals surface area contributed by atoms with Crippen LogP contribution in [0.25, 0.3) is 0 Å². The highest BCUT2D eigenvalue weighted by atomic mass is 16.2. The van der Waals surface area contributed by atoms with E-state index in [1.807, 2.05) is 0 Å². The molecule has 98 valence electrons. The van der Waals surface area contributed by atoms with Crippen molar-refractivity contribution in [3.63, 3.8) is 0 Å². The molecule has 0 aromatic heterocycles. The SMILES string of the molecule is CCCCNCCCCCCCCCCO. The molecule has 0 heterocycles. The number of aliphatic hydroxyl groups excluding tert-OH is 1. The zero-order chi connectivity index (χ0) is 11.9. The van der Waals surface area contributed by atoms with Gasteiger partial charge in [-0.3, -0.25) is 0 Å². The molecule has 0 fully saturated rings. The van der Waals surface area contributed by atoms with Crippen LogP contribution in [-0.2, 0) is 0 Å². The largest absolute Gasteiger partial charge is 0.396 e. The second kappa shape index (κ2) is 14.9. The van der Waals surface area contributed by atoms with Gasteiger partial charge in [-0.2, -0.15) is 0 Å². The van der Waals surface area contributed by atoms with Crippen molar-refractivity contribution in [3.8, 4) is 0 Å². The number of hydrogen-bond donors (Lipinski definition) is 2. The van der Waals surface area contributed by atoms with E-state index in [9.17, 15) is 0 Å². The third kappa shape index (κ3) is 13.9. The monoisotopic (exact) mass is 229 g/mol. The Morgan fingerprint density at radius 3 is 1.75 bits per heavy atom. The van der Waals surface area contributed by atoms with Crippen LogP contribution in [0.4, 0.5) is 0 Å². The number of aliphatic hydroxyl groups is 1. The van der Waals surface area contributed by atoms with Crippen molar-refractivity contribution in [1.29, 1.82) is 0 Å². The van der Waals surface area contributed by atoms with Gasteiger partial charge in [0.05, 0.1) is 0 Å². The van der Waals surface area contributed by atoms with E-state index in [1.54, 1.807) is 0 Å². The van der Waals surface area contributed by atoms with Gasteiger partial charge in [0, 0.05) is 6.61 Å². The first-order valence-electron chi connectivity index (χ1n) is 7.23. The van der Waals surface area contributed by atoms with Gasteiger partial charge in [-0.25, -0.2) is 0 Å². The highest BCUT2D eigenvalue weighted by Gasteiger charge is 1.92. The molecule has 2 nitrogen and oxygen atoms in total. The maximum atomic E-state index is 8.62. The van der Waals surface area contributed by atoms with Gasteiger partial charge in [0.2, 0.25) is 0 Å². The summed E-state index contributed by atoms with van der Waals surface area (Å²) in [6.07, 6.45) is 12.9. The second-order valence-corrected chi connectivity index (χ2v) is 4.66. The molecule has 0 atom stereocenters. The van der Waals surface area contributed by atoms with Crippen LogP contribution in [0.3, 0.4) is 0 Å². The van der Waals surface area contributed by atoms with Crippen LogP contribution in [0.15, 0.2) is 0 Å². The summed E-state index contributed by atoms with van der Waals surface area (Å²) in [6, 6.07) is 0. The van der Waals surface area contributed by atoms with Crippen molar-refractivity contribution in [1.82, 2.24) is 5.32 Å². The Balaban J connectivity index is 2.83. The lowest BCUT2D eigenvalue weighted by Gasteiger charge is -2.04. The van der Waals surface area contributed by atoms with Crippen LogP contribution >= 0.6 is 0 Å². The van der Waals surface area contributed by atoms with E-state index in [0.29, 0.717) is 6.61 Å². The van der Waals surface area contributed by atoms with Crippen LogP contribution < -0.4 is 5.32 Å². The first kappa shape index (κ1) is 15.9. The molecule has 16 heavy (non-hydrogen) atoms. The molecule has 0 aliphatic heterocycles. The quantitative estimate of drug-likeness (QED) is 0.474. The van der Waals surface area contributed by atoms with Gasteiger partial charge in [0.15, 0.2) is 0 Å². The van der Waals surface area contributed by atoms with E-state index >= 15 is 0 Å². The summed E-state index contributed by atoms with van der Waals surface area (Å²) in [5.74, 6) is 0. The molecule has 0 aromatic rings. The lowest BCUT2D eigenvalue weighted by atomic mass is 10.1. The average molecular weight is 229 g/mol. The van der Waals surface area contributed by atoms with E-state index in [0.717, 1.165) is 6.42 Å². The molecule has 0 saturated heterocycles. The summed E-state index contributed by atoms with van der Waals surface area (Å²) in [5.41, 5.74) is 0. The second-order valence-electron chi connectivity index (χ2n) is 4.66. The molecule has 0 amide bonds. The molecule has 2 N–H and O–H groups in total. The van der Waals surface area contributed by atoms with Gasteiger partial charge in [-0.15, -0.1) is 0 Å². The maximum Gasteiger partial charge on any atom is 0.0431 e.